The van der Waals surface area contributed by atoms with E-state index in [1.807, 2.05) is 13.1 Å². The molecule has 5 heteroatoms. The normalized spacial score (nSPS) is 16.4. The van der Waals surface area contributed by atoms with Crippen LogP contribution < -0.4 is 10.6 Å². The van der Waals surface area contributed by atoms with Gasteiger partial charge in [-0.25, -0.2) is 9.97 Å². The van der Waals surface area contributed by atoms with Gasteiger partial charge in [0.2, 0.25) is 0 Å². The molecule has 1 saturated heterocycles. The summed E-state index contributed by atoms with van der Waals surface area (Å²) in [5.74, 6) is 1.66. The molecule has 5 nitrogen and oxygen atoms in total. The molecule has 1 aromatic rings. The van der Waals surface area contributed by atoms with Gasteiger partial charge in [-0.15, -0.1) is 0 Å². The Bertz CT molecular complexity index is 287. The third kappa shape index (κ3) is 1.86. The molecule has 1 aliphatic heterocycles. The second-order valence-corrected chi connectivity index (χ2v) is 2.92. The van der Waals surface area contributed by atoms with E-state index in [0.29, 0.717) is 6.04 Å². The van der Waals surface area contributed by atoms with E-state index in [4.69, 9.17) is 4.74 Å². The molecule has 0 bridgehead atoms. The fourth-order valence-electron chi connectivity index (χ4n) is 1.10. The number of nitrogens with one attached hydrogen (secondary N) is 2. The molecular weight excluding hydrogens is 168 g/mol. The molecule has 1 fully saturated rings. The molecule has 0 spiro atoms. The van der Waals surface area contributed by atoms with Crippen LogP contribution in [0.1, 0.15) is 0 Å². The first-order valence-corrected chi connectivity index (χ1v) is 4.22. The summed E-state index contributed by atoms with van der Waals surface area (Å²) in [5.41, 5.74) is 0. The fraction of sp³-hybridized carbons (Fsp3) is 0.500. The van der Waals surface area contributed by atoms with E-state index < -0.39 is 0 Å². The Balaban J connectivity index is 2.01. The van der Waals surface area contributed by atoms with Crippen molar-refractivity contribution in [3.63, 3.8) is 0 Å². The monoisotopic (exact) mass is 180 g/mol. The zero-order valence-corrected chi connectivity index (χ0v) is 7.45. The van der Waals surface area contributed by atoms with E-state index in [0.717, 1.165) is 24.8 Å². The predicted molar refractivity (Wildman–Crippen MR) is 49.8 cm³/mol. The van der Waals surface area contributed by atoms with Gasteiger partial charge < -0.3 is 15.4 Å². The van der Waals surface area contributed by atoms with Crippen molar-refractivity contribution in [2.45, 2.75) is 6.04 Å². The molecule has 0 radical (unpaired) electrons. The lowest BCUT2D eigenvalue weighted by atomic mass is 10.2. The maximum atomic E-state index is 5.04. The standard InChI is InChI=1S/C8H12N4O/c1-9-7-2-8(11-5-10-7)12-6-3-13-4-6/h2,5-6H,3-4H2,1H3,(H2,9,10,11,12). The molecule has 1 aromatic heterocycles. The van der Waals surface area contributed by atoms with Crippen LogP contribution in [-0.2, 0) is 4.74 Å². The second kappa shape index (κ2) is 3.57. The zero-order valence-electron chi connectivity index (χ0n) is 7.45. The SMILES string of the molecule is CNc1cc(NC2COC2)ncn1. The van der Waals surface area contributed by atoms with Crippen molar-refractivity contribution in [3.05, 3.63) is 12.4 Å². The summed E-state index contributed by atoms with van der Waals surface area (Å²) in [6.07, 6.45) is 1.54. The Morgan fingerprint density at radius 1 is 1.38 bits per heavy atom. The highest BCUT2D eigenvalue weighted by Crippen LogP contribution is 2.12. The van der Waals surface area contributed by atoms with Gasteiger partial charge in [0.25, 0.3) is 0 Å². The highest BCUT2D eigenvalue weighted by molar-refractivity contribution is 5.46. The lowest BCUT2D eigenvalue weighted by molar-refractivity contribution is 0.0209. The highest BCUT2D eigenvalue weighted by atomic mass is 16.5. The van der Waals surface area contributed by atoms with Crippen LogP contribution in [0.4, 0.5) is 11.6 Å². The van der Waals surface area contributed by atoms with E-state index >= 15 is 0 Å². The van der Waals surface area contributed by atoms with Gasteiger partial charge in [-0.1, -0.05) is 0 Å². The maximum Gasteiger partial charge on any atom is 0.131 e. The van der Waals surface area contributed by atoms with Gasteiger partial charge >= 0.3 is 0 Å². The van der Waals surface area contributed by atoms with Crippen molar-refractivity contribution in [1.82, 2.24) is 9.97 Å². The third-order valence-electron chi connectivity index (χ3n) is 1.91. The summed E-state index contributed by atoms with van der Waals surface area (Å²) in [5, 5.41) is 6.19. The Hall–Kier alpha value is -1.36. The molecule has 1 aliphatic rings. The number of aromatic nitrogens is 2. The van der Waals surface area contributed by atoms with Crippen LogP contribution in [-0.4, -0.2) is 36.3 Å². The molecule has 0 aliphatic carbocycles. The fourth-order valence-corrected chi connectivity index (χ4v) is 1.10. The largest absolute Gasteiger partial charge is 0.377 e. The zero-order chi connectivity index (χ0) is 9.10. The van der Waals surface area contributed by atoms with E-state index in [1.54, 1.807) is 0 Å². The third-order valence-corrected chi connectivity index (χ3v) is 1.91. The van der Waals surface area contributed by atoms with Crippen LogP contribution in [0.2, 0.25) is 0 Å². The molecule has 2 N–H and O–H groups in total. The van der Waals surface area contributed by atoms with Gasteiger partial charge in [0.05, 0.1) is 19.3 Å². The minimum Gasteiger partial charge on any atom is -0.377 e. The van der Waals surface area contributed by atoms with Crippen molar-refractivity contribution in [1.29, 1.82) is 0 Å². The number of hydrogen-bond acceptors (Lipinski definition) is 5. The highest BCUT2D eigenvalue weighted by Gasteiger charge is 2.18. The van der Waals surface area contributed by atoms with Crippen molar-refractivity contribution in [2.75, 3.05) is 30.9 Å². The molecular formula is C8H12N4O. The lowest BCUT2D eigenvalue weighted by Crippen LogP contribution is -2.40. The molecule has 70 valence electrons. The van der Waals surface area contributed by atoms with Gasteiger partial charge in [0.1, 0.15) is 18.0 Å². The lowest BCUT2D eigenvalue weighted by Gasteiger charge is -2.27. The number of nitrogens with zero attached hydrogens (tertiary/aromatic N) is 2. The maximum absolute atomic E-state index is 5.04. The number of hydrogen-bond donors (Lipinski definition) is 2. The first-order chi connectivity index (χ1) is 6.38. The van der Waals surface area contributed by atoms with E-state index in [2.05, 4.69) is 20.6 Å². The minimum atomic E-state index is 0.402. The smallest absolute Gasteiger partial charge is 0.131 e. The average Bonchev–Trinajstić information content (AvgIpc) is 2.12. The molecule has 2 rings (SSSR count). The Morgan fingerprint density at radius 3 is 2.77 bits per heavy atom. The van der Waals surface area contributed by atoms with Crippen LogP contribution in [0.25, 0.3) is 0 Å². The molecule has 13 heavy (non-hydrogen) atoms. The first-order valence-electron chi connectivity index (χ1n) is 4.22. The van der Waals surface area contributed by atoms with Crippen LogP contribution >= 0.6 is 0 Å². The van der Waals surface area contributed by atoms with Gasteiger partial charge in [0, 0.05) is 13.1 Å². The van der Waals surface area contributed by atoms with Gasteiger partial charge in [0.15, 0.2) is 0 Å². The Kier molecular flexibility index (Phi) is 2.27. The Morgan fingerprint density at radius 2 is 2.15 bits per heavy atom. The second-order valence-electron chi connectivity index (χ2n) is 2.92. The molecule has 2 heterocycles. The molecule has 0 aromatic carbocycles. The first kappa shape index (κ1) is 8.25. The van der Waals surface area contributed by atoms with Crippen molar-refractivity contribution in [3.8, 4) is 0 Å². The van der Waals surface area contributed by atoms with E-state index in [-0.39, 0.29) is 0 Å². The van der Waals surface area contributed by atoms with Crippen LogP contribution in [0.15, 0.2) is 12.4 Å². The molecule has 0 saturated carbocycles. The summed E-state index contributed by atoms with van der Waals surface area (Å²) >= 11 is 0. The predicted octanol–water partition coefficient (Wildman–Crippen LogP) is 0.329. The molecule has 0 atom stereocenters. The van der Waals surface area contributed by atoms with E-state index in [9.17, 15) is 0 Å². The average molecular weight is 180 g/mol. The number of anilines is 2. The summed E-state index contributed by atoms with van der Waals surface area (Å²) < 4.78 is 5.04. The van der Waals surface area contributed by atoms with Crippen molar-refractivity contribution in [2.24, 2.45) is 0 Å². The van der Waals surface area contributed by atoms with Crippen LogP contribution in [0, 0.1) is 0 Å². The quantitative estimate of drug-likeness (QED) is 0.702. The summed E-state index contributed by atoms with van der Waals surface area (Å²) in [6.45, 7) is 1.53. The van der Waals surface area contributed by atoms with Gasteiger partial charge in [-0.05, 0) is 0 Å². The van der Waals surface area contributed by atoms with Crippen molar-refractivity contribution >= 4 is 11.6 Å². The minimum absolute atomic E-state index is 0.402. The van der Waals surface area contributed by atoms with Gasteiger partial charge in [-0.3, -0.25) is 0 Å². The molecule has 0 amide bonds. The summed E-state index contributed by atoms with van der Waals surface area (Å²) in [4.78, 5) is 8.11. The van der Waals surface area contributed by atoms with Crippen LogP contribution in [0.5, 0.6) is 0 Å². The van der Waals surface area contributed by atoms with Crippen LogP contribution in [0.3, 0.4) is 0 Å². The summed E-state index contributed by atoms with van der Waals surface area (Å²) in [6, 6.07) is 2.28. The van der Waals surface area contributed by atoms with Crippen molar-refractivity contribution < 1.29 is 4.74 Å². The number of rotatable bonds is 3. The number of ether oxygens (including phenoxy) is 1. The topological polar surface area (TPSA) is 59.1 Å². The van der Waals surface area contributed by atoms with Gasteiger partial charge in [-0.2, -0.15) is 0 Å². The summed E-state index contributed by atoms with van der Waals surface area (Å²) in [7, 11) is 1.83. The Labute approximate surface area is 76.5 Å². The van der Waals surface area contributed by atoms with E-state index in [1.165, 1.54) is 6.33 Å². The molecule has 0 unspecified atom stereocenters.